The minimum Gasteiger partial charge on any atom is -0.545 e. The second kappa shape index (κ2) is 5.00. The summed E-state index contributed by atoms with van der Waals surface area (Å²) in [5, 5.41) is 10.1. The Balaban J connectivity index is 0.000001000. The molecular formula is C7H4FKO2. The van der Waals surface area contributed by atoms with Crippen molar-refractivity contribution in [2.45, 2.75) is 0 Å². The van der Waals surface area contributed by atoms with Gasteiger partial charge in [-0.25, -0.2) is 4.39 Å². The maximum absolute atomic E-state index is 12.1. The van der Waals surface area contributed by atoms with Gasteiger partial charge < -0.3 is 9.90 Å². The second-order valence-corrected chi connectivity index (χ2v) is 1.79. The molecule has 0 radical (unpaired) electrons. The Morgan fingerprint density at radius 3 is 2.09 bits per heavy atom. The van der Waals surface area contributed by atoms with Crippen molar-refractivity contribution >= 4 is 5.97 Å². The monoisotopic (exact) mass is 177 g/mol. The fourth-order valence-electron chi connectivity index (χ4n) is 0.586. The molecule has 0 saturated heterocycles. The van der Waals surface area contributed by atoms with Gasteiger partial charge in [0.05, 0.1) is 5.97 Å². The van der Waals surface area contributed by atoms with Crippen molar-refractivity contribution in [1.82, 2.24) is 0 Å². The predicted molar refractivity (Wildman–Crippen MR) is 30.7 cm³/mol. The van der Waals surface area contributed by atoms with Crippen LogP contribution in [0.4, 0.5) is 4.39 Å². The van der Waals surface area contributed by atoms with Gasteiger partial charge >= 0.3 is 51.4 Å². The molecule has 0 aromatic heterocycles. The van der Waals surface area contributed by atoms with E-state index in [0.29, 0.717) is 0 Å². The standard InChI is InChI=1S/C7H5FO2.K/c8-6-3-1-5(2-4-6)7(9)10;/h1-4H,(H,9,10);/q;+1/p-1/i8-1;. The molecule has 4 heteroatoms. The molecule has 1 rings (SSSR count). The fourth-order valence-corrected chi connectivity index (χ4v) is 0.586. The topological polar surface area (TPSA) is 40.1 Å². The maximum atomic E-state index is 12.1. The molecule has 11 heavy (non-hydrogen) atoms. The van der Waals surface area contributed by atoms with Gasteiger partial charge in [0.1, 0.15) is 5.82 Å². The molecule has 0 spiro atoms. The third-order valence-corrected chi connectivity index (χ3v) is 1.08. The van der Waals surface area contributed by atoms with Gasteiger partial charge in [0.2, 0.25) is 0 Å². The van der Waals surface area contributed by atoms with Crippen molar-refractivity contribution in [3.05, 3.63) is 35.6 Å². The number of benzene rings is 1. The zero-order chi connectivity index (χ0) is 7.56. The first-order valence-corrected chi connectivity index (χ1v) is 2.67. The first-order chi connectivity index (χ1) is 4.70. The predicted octanol–water partition coefficient (Wildman–Crippen LogP) is -2.81. The number of carbonyl (C=O) groups is 1. The van der Waals surface area contributed by atoms with Crippen LogP contribution in [-0.2, 0) is 0 Å². The molecule has 0 aliphatic rings. The molecule has 0 fully saturated rings. The molecule has 0 saturated carbocycles. The van der Waals surface area contributed by atoms with Crippen LogP contribution in [0.3, 0.4) is 0 Å². The Morgan fingerprint density at radius 1 is 1.27 bits per heavy atom. The van der Waals surface area contributed by atoms with Gasteiger partial charge in [0.25, 0.3) is 0 Å². The Morgan fingerprint density at radius 2 is 1.73 bits per heavy atom. The normalized spacial score (nSPS) is 8.45. The van der Waals surface area contributed by atoms with Gasteiger partial charge in [0.15, 0.2) is 0 Å². The van der Waals surface area contributed by atoms with E-state index in [1.165, 1.54) is 0 Å². The third kappa shape index (κ3) is 3.44. The Labute approximate surface area is 106 Å². The number of carboxylic acid groups (broad SMARTS) is 1. The van der Waals surface area contributed by atoms with E-state index < -0.39 is 11.8 Å². The summed E-state index contributed by atoms with van der Waals surface area (Å²) >= 11 is 0. The summed E-state index contributed by atoms with van der Waals surface area (Å²) in [5.74, 6) is -1.75. The fraction of sp³-hybridized carbons (Fsp3) is 0. The van der Waals surface area contributed by atoms with Gasteiger partial charge in [-0.3, -0.25) is 0 Å². The summed E-state index contributed by atoms with van der Waals surface area (Å²) in [4.78, 5) is 10.1. The van der Waals surface area contributed by atoms with Crippen LogP contribution in [0.25, 0.3) is 0 Å². The Bertz CT molecular complexity index is 245. The Hall–Kier alpha value is 0.256. The summed E-state index contributed by atoms with van der Waals surface area (Å²) < 4.78 is 12.1. The number of carbonyl (C=O) groups excluding carboxylic acids is 1. The van der Waals surface area contributed by atoms with Gasteiger partial charge in [-0.1, -0.05) is 12.1 Å². The van der Waals surface area contributed by atoms with E-state index in [0.717, 1.165) is 24.3 Å². The van der Waals surface area contributed by atoms with E-state index in [9.17, 15) is 14.3 Å². The first-order valence-electron chi connectivity index (χ1n) is 2.67. The van der Waals surface area contributed by atoms with Crippen LogP contribution in [-0.4, -0.2) is 5.97 Å². The van der Waals surface area contributed by atoms with E-state index >= 15 is 0 Å². The molecule has 0 N–H and O–H groups in total. The number of aromatic carboxylic acids is 1. The van der Waals surface area contributed by atoms with Crippen molar-refractivity contribution in [2.24, 2.45) is 0 Å². The largest absolute Gasteiger partial charge is 1.00 e. The zero-order valence-corrected chi connectivity index (χ0v) is 9.13. The van der Waals surface area contributed by atoms with Crippen LogP contribution in [0.5, 0.6) is 0 Å². The van der Waals surface area contributed by atoms with E-state index in [1.54, 1.807) is 0 Å². The summed E-state index contributed by atoms with van der Waals surface area (Å²) in [6.07, 6.45) is 0. The number of hydrogen-bond acceptors (Lipinski definition) is 2. The van der Waals surface area contributed by atoms with Crippen LogP contribution < -0.4 is 56.5 Å². The molecule has 0 unspecified atom stereocenters. The number of halogens is 1. The average Bonchev–Trinajstić information content (AvgIpc) is 1.88. The number of carboxylic acids is 1. The van der Waals surface area contributed by atoms with Gasteiger partial charge in [-0.15, -0.1) is 0 Å². The van der Waals surface area contributed by atoms with Gasteiger partial charge in [0, 0.05) is 0 Å². The molecule has 0 atom stereocenters. The van der Waals surface area contributed by atoms with E-state index in [4.69, 9.17) is 0 Å². The number of hydrogen-bond donors (Lipinski definition) is 0. The van der Waals surface area contributed by atoms with Crippen molar-refractivity contribution in [1.29, 1.82) is 0 Å². The smallest absolute Gasteiger partial charge is 0.545 e. The van der Waals surface area contributed by atoms with Crippen molar-refractivity contribution in [2.75, 3.05) is 0 Å². The minimum absolute atomic E-state index is 0. The van der Waals surface area contributed by atoms with Crippen LogP contribution in [0.2, 0.25) is 0 Å². The molecule has 0 bridgehead atoms. The van der Waals surface area contributed by atoms with E-state index in [-0.39, 0.29) is 56.9 Å². The van der Waals surface area contributed by atoms with Crippen molar-refractivity contribution < 1.29 is 65.7 Å². The molecule has 1 aromatic carbocycles. The van der Waals surface area contributed by atoms with Crippen LogP contribution in [0.15, 0.2) is 24.3 Å². The summed E-state index contributed by atoms with van der Waals surface area (Å²) in [5.41, 5.74) is -0.0126. The summed E-state index contributed by atoms with van der Waals surface area (Å²) in [6.45, 7) is 0. The zero-order valence-electron chi connectivity index (χ0n) is 6.00. The minimum atomic E-state index is -1.29. The van der Waals surface area contributed by atoms with Crippen LogP contribution in [0.1, 0.15) is 10.4 Å². The average molecular weight is 177 g/mol. The molecular weight excluding hydrogens is 173 g/mol. The maximum Gasteiger partial charge on any atom is 1.00 e. The molecule has 0 aliphatic heterocycles. The van der Waals surface area contributed by atoms with Crippen LogP contribution in [0, 0.1) is 5.82 Å². The molecule has 0 amide bonds. The molecule has 0 heterocycles. The molecule has 0 aliphatic carbocycles. The van der Waals surface area contributed by atoms with E-state index in [2.05, 4.69) is 0 Å². The molecule has 1 aromatic rings. The summed E-state index contributed by atoms with van der Waals surface area (Å²) in [6, 6.07) is 4.46. The van der Waals surface area contributed by atoms with E-state index in [1.807, 2.05) is 0 Å². The van der Waals surface area contributed by atoms with Crippen molar-refractivity contribution in [3.63, 3.8) is 0 Å². The molecule has 2 nitrogen and oxygen atoms in total. The quantitative estimate of drug-likeness (QED) is 0.435. The van der Waals surface area contributed by atoms with Gasteiger partial charge in [-0.05, 0) is 17.7 Å². The SMILES string of the molecule is O=C([O-])c1ccc([18F])cc1.[K+]. The second-order valence-electron chi connectivity index (χ2n) is 1.79. The molecule has 52 valence electrons. The number of rotatable bonds is 1. The van der Waals surface area contributed by atoms with Gasteiger partial charge in [-0.2, -0.15) is 0 Å². The van der Waals surface area contributed by atoms with Crippen LogP contribution >= 0.6 is 0 Å². The first kappa shape index (κ1) is 11.3. The Kier molecular flexibility index (Phi) is 5.12. The van der Waals surface area contributed by atoms with Crippen molar-refractivity contribution in [3.8, 4) is 0 Å². The third-order valence-electron chi connectivity index (χ3n) is 1.08. The summed E-state index contributed by atoms with van der Waals surface area (Å²) in [7, 11) is 0.